The summed E-state index contributed by atoms with van der Waals surface area (Å²) in [6.07, 6.45) is -5.63. The van der Waals surface area contributed by atoms with Gasteiger partial charge < -0.3 is 10.4 Å². The molecule has 84 valence electrons. The molecule has 0 heterocycles. The lowest BCUT2D eigenvalue weighted by atomic mass is 10.3. The summed E-state index contributed by atoms with van der Waals surface area (Å²) in [4.78, 5) is 10.1. The van der Waals surface area contributed by atoms with Crippen LogP contribution in [0.2, 0.25) is 0 Å². The minimum absolute atomic E-state index is 0.710. The van der Waals surface area contributed by atoms with Gasteiger partial charge in [0.25, 0.3) is 0 Å². The molecule has 0 fully saturated rings. The second-order valence-corrected chi connectivity index (χ2v) is 3.24. The van der Waals surface area contributed by atoms with E-state index >= 15 is 0 Å². The molecule has 0 aromatic heterocycles. The fourth-order valence-corrected chi connectivity index (χ4v) is 0.837. The minimum atomic E-state index is -4.33. The number of carbonyl (C=O) groups is 1. The highest BCUT2D eigenvalue weighted by Gasteiger charge is 2.28. The van der Waals surface area contributed by atoms with E-state index in [1.54, 1.807) is 0 Å². The van der Waals surface area contributed by atoms with Crippen LogP contribution in [0, 0.1) is 0 Å². The van der Waals surface area contributed by atoms with E-state index in [1.807, 2.05) is 10.6 Å². The summed E-state index contributed by atoms with van der Waals surface area (Å²) in [5, 5.41) is 11.4. The number of carboxylic acid groups (broad SMARTS) is 1. The normalized spacial score (nSPS) is 16.1. The van der Waals surface area contributed by atoms with E-state index in [2.05, 4.69) is 12.6 Å². The Hall–Kier alpha value is -0.630. The zero-order valence-electron chi connectivity index (χ0n) is 7.30. The van der Waals surface area contributed by atoms with Gasteiger partial charge in [-0.05, 0) is 6.92 Å². The molecule has 0 aliphatic heterocycles. The lowest BCUT2D eigenvalue weighted by Gasteiger charge is -2.20. The number of amides is 1. The predicted molar refractivity (Wildman–Crippen MR) is 47.5 cm³/mol. The van der Waals surface area contributed by atoms with Crippen molar-refractivity contribution in [1.29, 1.82) is 0 Å². The molecule has 0 saturated heterocycles. The molecule has 0 radical (unpaired) electrons. The average molecular weight is 232 g/mol. The first kappa shape index (κ1) is 13.4. The van der Waals surface area contributed by atoms with Crippen molar-refractivity contribution in [1.82, 2.24) is 10.6 Å². The van der Waals surface area contributed by atoms with Gasteiger partial charge in [0, 0.05) is 0 Å². The van der Waals surface area contributed by atoms with E-state index in [0.717, 1.165) is 0 Å². The van der Waals surface area contributed by atoms with Gasteiger partial charge in [-0.2, -0.15) is 25.8 Å². The fourth-order valence-electron chi connectivity index (χ4n) is 0.671. The van der Waals surface area contributed by atoms with Gasteiger partial charge in [-0.1, -0.05) is 0 Å². The van der Waals surface area contributed by atoms with Gasteiger partial charge in [-0.15, -0.1) is 0 Å². The van der Waals surface area contributed by atoms with Crippen LogP contribution in [0.5, 0.6) is 0 Å². The Balaban J connectivity index is 3.84. The van der Waals surface area contributed by atoms with E-state index in [1.165, 1.54) is 6.92 Å². The summed E-state index contributed by atoms with van der Waals surface area (Å²) in [6.45, 7) is 0.210. The van der Waals surface area contributed by atoms with Crippen molar-refractivity contribution in [2.24, 2.45) is 0 Å². The molecule has 8 heteroatoms. The third kappa shape index (κ3) is 6.84. The number of rotatable bonds is 4. The van der Waals surface area contributed by atoms with Crippen molar-refractivity contribution in [3.05, 3.63) is 0 Å². The summed E-state index contributed by atoms with van der Waals surface area (Å²) in [7, 11) is 0. The van der Waals surface area contributed by atoms with Crippen LogP contribution in [0.1, 0.15) is 6.92 Å². The van der Waals surface area contributed by atoms with Gasteiger partial charge in [0.1, 0.15) is 0 Å². The highest BCUT2D eigenvalue weighted by Crippen LogP contribution is 2.13. The monoisotopic (exact) mass is 232 g/mol. The molecule has 4 nitrogen and oxygen atoms in total. The third-order valence-corrected chi connectivity index (χ3v) is 1.97. The van der Waals surface area contributed by atoms with Crippen LogP contribution in [0.25, 0.3) is 0 Å². The molecule has 2 atom stereocenters. The van der Waals surface area contributed by atoms with Crippen LogP contribution >= 0.6 is 12.6 Å². The van der Waals surface area contributed by atoms with Crippen molar-refractivity contribution in [3.63, 3.8) is 0 Å². The molecule has 0 unspecified atom stereocenters. The number of halogens is 3. The van der Waals surface area contributed by atoms with Crippen molar-refractivity contribution >= 4 is 18.7 Å². The summed E-state index contributed by atoms with van der Waals surface area (Å²) < 4.78 is 35.1. The van der Waals surface area contributed by atoms with Crippen LogP contribution in [0.15, 0.2) is 0 Å². The molecule has 0 aromatic carbocycles. The smallest absolute Gasteiger partial charge is 0.404 e. The average Bonchev–Trinajstić information content (AvgIpc) is 1.97. The van der Waals surface area contributed by atoms with Gasteiger partial charge in [0.05, 0.1) is 18.0 Å². The largest absolute Gasteiger partial charge is 0.465 e. The van der Waals surface area contributed by atoms with Crippen molar-refractivity contribution < 1.29 is 23.1 Å². The summed E-state index contributed by atoms with van der Waals surface area (Å²) in [5.41, 5.74) is 0. The predicted octanol–water partition coefficient (Wildman–Crippen LogP) is 1.05. The molecule has 1 amide bonds. The Morgan fingerprint density at radius 3 is 2.43 bits per heavy atom. The standard InChI is InChI=1S/C6H11F3N2O2S/c1-3(11-5(12)13)4(14)10-2-6(7,8)9/h3-4,10-11,14H,2H2,1H3,(H,12,13)/t3-,4-/m1/s1. The Morgan fingerprint density at radius 2 is 2.07 bits per heavy atom. The number of thiol groups is 1. The Labute approximate surface area is 84.3 Å². The number of alkyl halides is 3. The summed E-state index contributed by atoms with van der Waals surface area (Å²) >= 11 is 3.77. The summed E-state index contributed by atoms with van der Waals surface area (Å²) in [5.74, 6) is 0. The third-order valence-electron chi connectivity index (χ3n) is 1.34. The summed E-state index contributed by atoms with van der Waals surface area (Å²) in [6, 6.07) is -0.710. The topological polar surface area (TPSA) is 61.4 Å². The molecule has 0 bridgehead atoms. The van der Waals surface area contributed by atoms with Gasteiger partial charge in [-0.3, -0.25) is 5.32 Å². The molecule has 0 rings (SSSR count). The van der Waals surface area contributed by atoms with E-state index in [9.17, 15) is 18.0 Å². The first-order valence-electron chi connectivity index (χ1n) is 3.70. The first-order valence-corrected chi connectivity index (χ1v) is 4.21. The maximum absolute atomic E-state index is 11.7. The van der Waals surface area contributed by atoms with E-state index in [4.69, 9.17) is 5.11 Å². The maximum Gasteiger partial charge on any atom is 0.404 e. The first-order chi connectivity index (χ1) is 6.22. The van der Waals surface area contributed by atoms with Crippen LogP contribution in [0.4, 0.5) is 18.0 Å². The molecule has 3 N–H and O–H groups in total. The molecule has 0 saturated carbocycles. The lowest BCUT2D eigenvalue weighted by molar-refractivity contribution is -0.125. The molecule has 0 aliphatic carbocycles. The second kappa shape index (κ2) is 5.30. The van der Waals surface area contributed by atoms with Crippen LogP contribution in [-0.4, -0.2) is 35.3 Å². The highest BCUT2D eigenvalue weighted by atomic mass is 32.1. The van der Waals surface area contributed by atoms with Gasteiger partial charge in [0.2, 0.25) is 0 Å². The number of hydrogen-bond donors (Lipinski definition) is 4. The SMILES string of the molecule is C[C@@H](NC(=O)O)[C@@H](S)NCC(F)(F)F. The van der Waals surface area contributed by atoms with Crippen LogP contribution in [-0.2, 0) is 0 Å². The quantitative estimate of drug-likeness (QED) is 0.433. The number of nitrogens with one attached hydrogen (secondary N) is 2. The van der Waals surface area contributed by atoms with Gasteiger partial charge >= 0.3 is 12.3 Å². The zero-order chi connectivity index (χ0) is 11.4. The van der Waals surface area contributed by atoms with Crippen molar-refractivity contribution in [3.8, 4) is 0 Å². The Bertz CT molecular complexity index is 200. The highest BCUT2D eigenvalue weighted by molar-refractivity contribution is 7.81. The van der Waals surface area contributed by atoms with Gasteiger partial charge in [0.15, 0.2) is 0 Å². The minimum Gasteiger partial charge on any atom is -0.465 e. The lowest BCUT2D eigenvalue weighted by Crippen LogP contribution is -2.47. The van der Waals surface area contributed by atoms with Crippen molar-refractivity contribution in [2.75, 3.05) is 6.54 Å². The van der Waals surface area contributed by atoms with Gasteiger partial charge in [-0.25, -0.2) is 4.79 Å². The maximum atomic E-state index is 11.7. The molecule has 0 aliphatic rings. The number of hydrogen-bond acceptors (Lipinski definition) is 3. The zero-order valence-corrected chi connectivity index (χ0v) is 8.19. The van der Waals surface area contributed by atoms with Crippen LogP contribution in [0.3, 0.4) is 0 Å². The van der Waals surface area contributed by atoms with E-state index in [-0.39, 0.29) is 0 Å². The molecule has 0 spiro atoms. The Morgan fingerprint density at radius 1 is 1.57 bits per heavy atom. The molecular weight excluding hydrogens is 221 g/mol. The van der Waals surface area contributed by atoms with E-state index in [0.29, 0.717) is 0 Å². The fraction of sp³-hybridized carbons (Fsp3) is 0.833. The molecule has 0 aromatic rings. The Kier molecular flexibility index (Phi) is 5.06. The van der Waals surface area contributed by atoms with Crippen molar-refractivity contribution in [2.45, 2.75) is 24.5 Å². The van der Waals surface area contributed by atoms with E-state index < -0.39 is 30.2 Å². The molecular formula is C6H11F3N2O2S. The second-order valence-electron chi connectivity index (χ2n) is 2.68. The molecule has 14 heavy (non-hydrogen) atoms. The van der Waals surface area contributed by atoms with Crippen LogP contribution < -0.4 is 10.6 Å².